The number of hydrogen-bond acceptors (Lipinski definition) is 3. The van der Waals surface area contributed by atoms with E-state index in [1.54, 1.807) is 4.68 Å². The van der Waals surface area contributed by atoms with Crippen LogP contribution in [-0.2, 0) is 10.3 Å². The van der Waals surface area contributed by atoms with E-state index in [0.717, 1.165) is 16.3 Å². The average molecular weight is 280 g/mol. The molecule has 0 spiro atoms. The highest BCUT2D eigenvalue weighted by Crippen LogP contribution is 2.34. The first-order valence-electron chi connectivity index (χ1n) is 6.83. The number of rotatable bonds is 4. The first kappa shape index (κ1) is 13.3. The molecule has 5 nitrogen and oxygen atoms in total. The van der Waals surface area contributed by atoms with Crippen LogP contribution in [0.1, 0.15) is 18.9 Å². The van der Waals surface area contributed by atoms with Crippen molar-refractivity contribution in [2.24, 2.45) is 5.73 Å². The number of benzene rings is 2. The van der Waals surface area contributed by atoms with E-state index in [1.165, 1.54) is 12.7 Å². The van der Waals surface area contributed by atoms with E-state index >= 15 is 0 Å². The highest BCUT2D eigenvalue weighted by atomic mass is 16.1. The third-order valence-electron chi connectivity index (χ3n) is 3.96. The molecule has 0 aliphatic heterocycles. The van der Waals surface area contributed by atoms with Crippen molar-refractivity contribution in [2.45, 2.75) is 18.9 Å². The van der Waals surface area contributed by atoms with Gasteiger partial charge in [0.05, 0.1) is 0 Å². The third-order valence-corrected chi connectivity index (χ3v) is 3.96. The van der Waals surface area contributed by atoms with E-state index in [1.807, 2.05) is 49.4 Å². The minimum absolute atomic E-state index is 0.438. The van der Waals surface area contributed by atoms with Gasteiger partial charge >= 0.3 is 0 Å². The number of hydrogen-bond donors (Lipinski definition) is 1. The SMILES string of the molecule is CCC(C(N)=O)(c1cccc2ccccc12)n1cncn1. The molecule has 1 unspecified atom stereocenters. The van der Waals surface area contributed by atoms with Crippen LogP contribution in [0.5, 0.6) is 0 Å². The summed E-state index contributed by atoms with van der Waals surface area (Å²) >= 11 is 0. The Labute approximate surface area is 122 Å². The second-order valence-corrected chi connectivity index (χ2v) is 4.94. The number of carbonyl (C=O) groups excluding carboxylic acids is 1. The molecule has 0 radical (unpaired) electrons. The normalized spacial score (nSPS) is 14.0. The summed E-state index contributed by atoms with van der Waals surface area (Å²) in [5.41, 5.74) is 5.59. The predicted octanol–water partition coefficient (Wildman–Crippen LogP) is 2.07. The Morgan fingerprint density at radius 1 is 1.24 bits per heavy atom. The third kappa shape index (κ3) is 1.89. The molecule has 0 bridgehead atoms. The summed E-state index contributed by atoms with van der Waals surface area (Å²) in [6.07, 6.45) is 3.45. The molecule has 21 heavy (non-hydrogen) atoms. The minimum Gasteiger partial charge on any atom is -0.367 e. The molecule has 0 saturated heterocycles. The molecule has 3 aromatic rings. The topological polar surface area (TPSA) is 73.8 Å². The highest BCUT2D eigenvalue weighted by molar-refractivity contribution is 5.95. The van der Waals surface area contributed by atoms with Crippen molar-refractivity contribution in [3.8, 4) is 0 Å². The summed E-state index contributed by atoms with van der Waals surface area (Å²) in [4.78, 5) is 16.3. The highest BCUT2D eigenvalue weighted by Gasteiger charge is 2.40. The van der Waals surface area contributed by atoms with Gasteiger partial charge < -0.3 is 5.73 Å². The Hall–Kier alpha value is -2.69. The summed E-state index contributed by atoms with van der Waals surface area (Å²) in [5.74, 6) is -0.438. The van der Waals surface area contributed by atoms with Gasteiger partial charge in [0.15, 0.2) is 5.54 Å². The van der Waals surface area contributed by atoms with E-state index in [4.69, 9.17) is 5.73 Å². The number of nitrogens with two attached hydrogens (primary N) is 1. The van der Waals surface area contributed by atoms with E-state index in [-0.39, 0.29) is 0 Å². The predicted molar refractivity (Wildman–Crippen MR) is 80.5 cm³/mol. The van der Waals surface area contributed by atoms with Crippen molar-refractivity contribution in [3.05, 3.63) is 60.7 Å². The molecule has 2 aromatic carbocycles. The molecular formula is C16H16N4O. The van der Waals surface area contributed by atoms with Crippen molar-refractivity contribution in [1.82, 2.24) is 14.8 Å². The molecule has 3 rings (SSSR count). The van der Waals surface area contributed by atoms with Crippen LogP contribution < -0.4 is 5.73 Å². The molecule has 1 atom stereocenters. The molecule has 0 saturated carbocycles. The van der Waals surface area contributed by atoms with Gasteiger partial charge in [-0.1, -0.05) is 49.4 Å². The Morgan fingerprint density at radius 3 is 2.67 bits per heavy atom. The van der Waals surface area contributed by atoms with Gasteiger partial charge in [-0.15, -0.1) is 0 Å². The van der Waals surface area contributed by atoms with Crippen LogP contribution in [0.2, 0.25) is 0 Å². The first-order chi connectivity index (χ1) is 10.2. The largest absolute Gasteiger partial charge is 0.367 e. The molecule has 5 heteroatoms. The van der Waals surface area contributed by atoms with Gasteiger partial charge in [0, 0.05) is 0 Å². The van der Waals surface area contributed by atoms with Crippen LogP contribution >= 0.6 is 0 Å². The monoisotopic (exact) mass is 280 g/mol. The van der Waals surface area contributed by atoms with E-state index in [2.05, 4.69) is 10.1 Å². The number of fused-ring (bicyclic) bond motifs is 1. The zero-order chi connectivity index (χ0) is 14.9. The lowest BCUT2D eigenvalue weighted by molar-refractivity contribution is -0.125. The van der Waals surface area contributed by atoms with E-state index in [9.17, 15) is 4.79 Å². The second kappa shape index (κ2) is 5.01. The molecular weight excluding hydrogens is 264 g/mol. The average Bonchev–Trinajstić information content (AvgIpc) is 3.03. The lowest BCUT2D eigenvalue weighted by Crippen LogP contribution is -2.47. The van der Waals surface area contributed by atoms with Crippen molar-refractivity contribution in [1.29, 1.82) is 0 Å². The summed E-state index contributed by atoms with van der Waals surface area (Å²) in [6.45, 7) is 1.92. The quantitative estimate of drug-likeness (QED) is 0.795. The van der Waals surface area contributed by atoms with Crippen molar-refractivity contribution in [2.75, 3.05) is 0 Å². The Kier molecular flexibility index (Phi) is 3.17. The zero-order valence-corrected chi connectivity index (χ0v) is 11.7. The van der Waals surface area contributed by atoms with Crippen molar-refractivity contribution >= 4 is 16.7 Å². The van der Waals surface area contributed by atoms with Gasteiger partial charge in [-0.2, -0.15) is 5.10 Å². The molecule has 106 valence electrons. The fourth-order valence-electron chi connectivity index (χ4n) is 2.89. The standard InChI is InChI=1S/C16H16N4O/c1-2-16(15(17)21,20-11-18-10-19-20)14-9-5-7-12-6-3-4-8-13(12)14/h3-11H,2H2,1H3,(H2,17,21). The van der Waals surface area contributed by atoms with Crippen molar-refractivity contribution in [3.63, 3.8) is 0 Å². The zero-order valence-electron chi connectivity index (χ0n) is 11.7. The number of aromatic nitrogens is 3. The smallest absolute Gasteiger partial charge is 0.250 e. The first-order valence-corrected chi connectivity index (χ1v) is 6.83. The number of nitrogens with zero attached hydrogens (tertiary/aromatic N) is 3. The Bertz CT molecular complexity index is 777. The maximum Gasteiger partial charge on any atom is 0.250 e. The Balaban J connectivity index is 2.37. The van der Waals surface area contributed by atoms with Gasteiger partial charge in [-0.25, -0.2) is 9.67 Å². The summed E-state index contributed by atoms with van der Waals surface area (Å²) < 4.78 is 1.55. The van der Waals surface area contributed by atoms with Crippen LogP contribution in [-0.4, -0.2) is 20.7 Å². The van der Waals surface area contributed by atoms with Crippen LogP contribution in [0.3, 0.4) is 0 Å². The van der Waals surface area contributed by atoms with Gasteiger partial charge in [0.1, 0.15) is 12.7 Å². The van der Waals surface area contributed by atoms with Crippen LogP contribution in [0.4, 0.5) is 0 Å². The van der Waals surface area contributed by atoms with Crippen LogP contribution in [0, 0.1) is 0 Å². The lowest BCUT2D eigenvalue weighted by atomic mass is 9.83. The molecule has 0 aliphatic rings. The van der Waals surface area contributed by atoms with Gasteiger partial charge in [-0.05, 0) is 22.8 Å². The summed E-state index contributed by atoms with van der Waals surface area (Å²) in [5, 5.41) is 6.23. The Morgan fingerprint density at radius 2 is 2.00 bits per heavy atom. The van der Waals surface area contributed by atoms with Crippen LogP contribution in [0.25, 0.3) is 10.8 Å². The fraction of sp³-hybridized carbons (Fsp3) is 0.188. The molecule has 0 aliphatic carbocycles. The molecule has 1 amide bonds. The maximum atomic E-state index is 12.3. The van der Waals surface area contributed by atoms with E-state index < -0.39 is 11.4 Å². The fourth-order valence-corrected chi connectivity index (χ4v) is 2.89. The number of amides is 1. The van der Waals surface area contributed by atoms with E-state index in [0.29, 0.717) is 6.42 Å². The van der Waals surface area contributed by atoms with Gasteiger partial charge in [-0.3, -0.25) is 4.79 Å². The second-order valence-electron chi connectivity index (χ2n) is 4.94. The number of primary amides is 1. The summed E-state index contributed by atoms with van der Waals surface area (Å²) in [6, 6.07) is 13.8. The number of carbonyl (C=O) groups is 1. The van der Waals surface area contributed by atoms with Gasteiger partial charge in [0.2, 0.25) is 5.91 Å². The molecule has 0 fully saturated rings. The molecule has 1 heterocycles. The maximum absolute atomic E-state index is 12.3. The lowest BCUT2D eigenvalue weighted by Gasteiger charge is -2.31. The van der Waals surface area contributed by atoms with Crippen LogP contribution in [0.15, 0.2) is 55.1 Å². The minimum atomic E-state index is -1.03. The van der Waals surface area contributed by atoms with Gasteiger partial charge in [0.25, 0.3) is 0 Å². The van der Waals surface area contributed by atoms with Crippen molar-refractivity contribution < 1.29 is 4.79 Å². The summed E-state index contributed by atoms with van der Waals surface area (Å²) in [7, 11) is 0. The molecule has 2 N–H and O–H groups in total. The molecule has 1 aromatic heterocycles.